The van der Waals surface area contributed by atoms with Crippen LogP contribution in [0.2, 0.25) is 0 Å². The van der Waals surface area contributed by atoms with E-state index in [9.17, 15) is 4.79 Å². The molecule has 15 heavy (non-hydrogen) atoms. The van der Waals surface area contributed by atoms with Crippen molar-refractivity contribution in [2.75, 3.05) is 0 Å². The summed E-state index contributed by atoms with van der Waals surface area (Å²) in [4.78, 5) is 11.6. The minimum Gasteiger partial charge on any atom is -0.346 e. The van der Waals surface area contributed by atoms with Crippen molar-refractivity contribution >= 4 is 33.2 Å². The molecule has 0 bridgehead atoms. The lowest BCUT2D eigenvalue weighted by Gasteiger charge is -2.00. The van der Waals surface area contributed by atoms with E-state index in [1.54, 1.807) is 12.3 Å². The first-order valence-corrected chi connectivity index (χ1v) is 5.93. The topological polar surface area (TPSA) is 57.8 Å². The summed E-state index contributed by atoms with van der Waals surface area (Å²) in [6, 6.07) is 3.62. The maximum Gasteiger partial charge on any atom is 0.252 e. The Bertz CT molecular complexity index is 452. The van der Waals surface area contributed by atoms with Gasteiger partial charge in [0.15, 0.2) is 0 Å². The van der Waals surface area contributed by atoms with Crippen molar-refractivity contribution in [3.8, 4) is 0 Å². The second-order valence-electron chi connectivity index (χ2n) is 2.90. The molecular formula is C9H8BrN3OS. The number of nitrogens with one attached hydrogen (secondary N) is 2. The largest absolute Gasteiger partial charge is 0.346 e. The second-order valence-corrected chi connectivity index (χ2v) is 5.19. The summed E-state index contributed by atoms with van der Waals surface area (Å²) >= 11 is 4.80. The van der Waals surface area contributed by atoms with E-state index in [2.05, 4.69) is 31.4 Å². The third-order valence-corrected chi connectivity index (χ3v) is 3.33. The van der Waals surface area contributed by atoms with Gasteiger partial charge in [0.1, 0.15) is 0 Å². The number of aromatic amines is 1. The van der Waals surface area contributed by atoms with E-state index in [1.165, 1.54) is 11.3 Å². The minimum atomic E-state index is -0.0773. The van der Waals surface area contributed by atoms with Crippen LogP contribution in [0.1, 0.15) is 16.1 Å². The molecule has 2 aromatic rings. The fourth-order valence-corrected chi connectivity index (χ4v) is 2.23. The van der Waals surface area contributed by atoms with Gasteiger partial charge in [-0.15, -0.1) is 11.3 Å². The zero-order valence-electron chi connectivity index (χ0n) is 7.66. The van der Waals surface area contributed by atoms with Gasteiger partial charge in [-0.2, -0.15) is 5.10 Å². The number of aromatic nitrogens is 2. The number of H-pyrrole nitrogens is 1. The molecule has 6 heteroatoms. The zero-order valence-corrected chi connectivity index (χ0v) is 10.1. The van der Waals surface area contributed by atoms with Crippen molar-refractivity contribution in [1.82, 2.24) is 15.5 Å². The highest BCUT2D eigenvalue weighted by Gasteiger charge is 2.07. The van der Waals surface area contributed by atoms with Gasteiger partial charge in [0.2, 0.25) is 0 Å². The number of hydrogen-bond acceptors (Lipinski definition) is 3. The minimum absolute atomic E-state index is 0.0773. The van der Waals surface area contributed by atoms with Gasteiger partial charge in [0.25, 0.3) is 5.91 Å². The zero-order chi connectivity index (χ0) is 10.7. The fourth-order valence-electron chi connectivity index (χ4n) is 1.09. The van der Waals surface area contributed by atoms with Crippen molar-refractivity contribution in [3.05, 3.63) is 38.8 Å². The first-order chi connectivity index (χ1) is 7.25. The SMILES string of the molecule is O=C(NCc1ccn[nH]1)c1csc(Br)c1. The van der Waals surface area contributed by atoms with E-state index in [4.69, 9.17) is 0 Å². The Morgan fingerprint density at radius 3 is 3.13 bits per heavy atom. The smallest absolute Gasteiger partial charge is 0.252 e. The van der Waals surface area contributed by atoms with Crippen LogP contribution in [0.25, 0.3) is 0 Å². The van der Waals surface area contributed by atoms with Crippen LogP contribution in [0.3, 0.4) is 0 Å². The lowest BCUT2D eigenvalue weighted by Crippen LogP contribution is -2.22. The van der Waals surface area contributed by atoms with Gasteiger partial charge in [-0.05, 0) is 28.1 Å². The molecule has 0 saturated heterocycles. The van der Waals surface area contributed by atoms with Crippen molar-refractivity contribution in [1.29, 1.82) is 0 Å². The lowest BCUT2D eigenvalue weighted by molar-refractivity contribution is 0.0951. The number of thiophene rings is 1. The number of hydrogen-bond donors (Lipinski definition) is 2. The molecule has 2 heterocycles. The molecule has 0 atom stereocenters. The predicted octanol–water partition coefficient (Wildman–Crippen LogP) is 2.16. The Morgan fingerprint density at radius 2 is 2.53 bits per heavy atom. The highest BCUT2D eigenvalue weighted by molar-refractivity contribution is 9.11. The van der Waals surface area contributed by atoms with E-state index < -0.39 is 0 Å². The molecule has 4 nitrogen and oxygen atoms in total. The molecule has 0 aliphatic rings. The maximum absolute atomic E-state index is 11.6. The van der Waals surface area contributed by atoms with Crippen LogP contribution < -0.4 is 5.32 Å². The average molecular weight is 286 g/mol. The summed E-state index contributed by atoms with van der Waals surface area (Å²) in [5.41, 5.74) is 1.56. The molecule has 0 aliphatic heterocycles. The normalized spacial score (nSPS) is 10.2. The highest BCUT2D eigenvalue weighted by atomic mass is 79.9. The van der Waals surface area contributed by atoms with E-state index >= 15 is 0 Å². The molecule has 0 fully saturated rings. The first kappa shape index (κ1) is 10.4. The van der Waals surface area contributed by atoms with Crippen molar-refractivity contribution in [2.24, 2.45) is 0 Å². The van der Waals surface area contributed by atoms with Gasteiger partial charge in [-0.1, -0.05) is 0 Å². The Kier molecular flexibility index (Phi) is 3.17. The van der Waals surface area contributed by atoms with Crippen LogP contribution in [0.4, 0.5) is 0 Å². The molecule has 1 amide bonds. The molecule has 0 unspecified atom stereocenters. The van der Waals surface area contributed by atoms with Crippen LogP contribution in [0, 0.1) is 0 Å². The lowest BCUT2D eigenvalue weighted by atomic mass is 10.3. The average Bonchev–Trinajstić information content (AvgIpc) is 2.84. The van der Waals surface area contributed by atoms with Crippen molar-refractivity contribution < 1.29 is 4.79 Å². The number of halogens is 1. The van der Waals surface area contributed by atoms with Gasteiger partial charge in [0.05, 0.1) is 21.6 Å². The van der Waals surface area contributed by atoms with Gasteiger partial charge in [-0.3, -0.25) is 9.89 Å². The number of rotatable bonds is 3. The third-order valence-electron chi connectivity index (χ3n) is 1.83. The van der Waals surface area contributed by atoms with E-state index in [1.807, 2.05) is 11.4 Å². The van der Waals surface area contributed by atoms with Gasteiger partial charge < -0.3 is 5.32 Å². The first-order valence-electron chi connectivity index (χ1n) is 4.26. The van der Waals surface area contributed by atoms with Crippen molar-refractivity contribution in [3.63, 3.8) is 0 Å². The molecule has 0 spiro atoms. The predicted molar refractivity (Wildman–Crippen MR) is 61.8 cm³/mol. The summed E-state index contributed by atoms with van der Waals surface area (Å²) in [5.74, 6) is -0.0773. The molecule has 2 rings (SSSR count). The number of amides is 1. The number of carbonyl (C=O) groups excluding carboxylic acids is 1. The van der Waals surface area contributed by atoms with Crippen LogP contribution in [-0.4, -0.2) is 16.1 Å². The summed E-state index contributed by atoms with van der Waals surface area (Å²) in [6.07, 6.45) is 1.66. The molecule has 0 radical (unpaired) electrons. The molecular weight excluding hydrogens is 278 g/mol. The Balaban J connectivity index is 1.93. The number of nitrogens with zero attached hydrogens (tertiary/aromatic N) is 1. The van der Waals surface area contributed by atoms with E-state index in [0.29, 0.717) is 12.1 Å². The summed E-state index contributed by atoms with van der Waals surface area (Å²) in [6.45, 7) is 0.465. The summed E-state index contributed by atoms with van der Waals surface area (Å²) in [7, 11) is 0. The van der Waals surface area contributed by atoms with Crippen LogP contribution in [0.5, 0.6) is 0 Å². The number of carbonyl (C=O) groups is 1. The molecule has 0 saturated carbocycles. The Morgan fingerprint density at radius 1 is 1.67 bits per heavy atom. The Hall–Kier alpha value is -1.14. The van der Waals surface area contributed by atoms with Crippen LogP contribution in [-0.2, 0) is 6.54 Å². The monoisotopic (exact) mass is 285 g/mol. The van der Waals surface area contributed by atoms with Crippen molar-refractivity contribution in [2.45, 2.75) is 6.54 Å². The van der Waals surface area contributed by atoms with E-state index in [-0.39, 0.29) is 5.91 Å². The third kappa shape index (κ3) is 2.66. The standard InChI is InChI=1S/C9H8BrN3OS/c10-8-3-6(5-15-8)9(14)11-4-7-1-2-12-13-7/h1-3,5H,4H2,(H,11,14)(H,12,13). The maximum atomic E-state index is 11.6. The van der Waals surface area contributed by atoms with Gasteiger partial charge >= 0.3 is 0 Å². The Labute approximate surface area is 98.8 Å². The molecule has 78 valence electrons. The highest BCUT2D eigenvalue weighted by Crippen LogP contribution is 2.20. The fraction of sp³-hybridized carbons (Fsp3) is 0.111. The second kappa shape index (κ2) is 4.59. The molecule has 2 N–H and O–H groups in total. The van der Waals surface area contributed by atoms with Gasteiger partial charge in [-0.25, -0.2) is 0 Å². The van der Waals surface area contributed by atoms with Crippen LogP contribution in [0.15, 0.2) is 27.5 Å². The van der Waals surface area contributed by atoms with E-state index in [0.717, 1.165) is 9.48 Å². The molecule has 2 aromatic heterocycles. The molecule has 0 aliphatic carbocycles. The molecule has 0 aromatic carbocycles. The van der Waals surface area contributed by atoms with Crippen LogP contribution >= 0.6 is 27.3 Å². The summed E-state index contributed by atoms with van der Waals surface area (Å²) in [5, 5.41) is 11.2. The quantitative estimate of drug-likeness (QED) is 0.908. The van der Waals surface area contributed by atoms with Gasteiger partial charge in [0, 0.05) is 11.6 Å². The summed E-state index contributed by atoms with van der Waals surface area (Å²) < 4.78 is 0.953.